The van der Waals surface area contributed by atoms with E-state index in [-0.39, 0.29) is 55.5 Å². The Hall–Kier alpha value is -5.84. The molecule has 4 aliphatic rings. The summed E-state index contributed by atoms with van der Waals surface area (Å²) in [7, 11) is -7.40. The van der Waals surface area contributed by atoms with E-state index in [1.54, 1.807) is 7.11 Å². The van der Waals surface area contributed by atoms with E-state index in [0.29, 0.717) is 86.3 Å². The highest BCUT2D eigenvalue weighted by Gasteiger charge is 2.48. The van der Waals surface area contributed by atoms with Crippen molar-refractivity contribution in [2.45, 2.75) is 82.1 Å². The molecule has 392 valence electrons. The molecule has 18 nitrogen and oxygen atoms in total. The number of hydroxylamine groups is 2. The maximum Gasteiger partial charge on any atom is 0.333 e. The number of benzene rings is 3. The molecule has 7 rings (SSSR count). The lowest BCUT2D eigenvalue weighted by atomic mass is 9.75. The lowest BCUT2D eigenvalue weighted by Gasteiger charge is -2.44. The molecular weight excluding hydrogens is 983 g/mol. The van der Waals surface area contributed by atoms with Crippen LogP contribution in [0.4, 0.5) is 11.4 Å². The number of allylic oxidation sites excluding steroid dienone is 6. The molecule has 2 N–H and O–H groups in total. The number of ether oxygens (including phenoxy) is 5. The molecule has 3 aromatic rings. The summed E-state index contributed by atoms with van der Waals surface area (Å²) in [6.45, 7) is 12.2. The zero-order valence-corrected chi connectivity index (χ0v) is 43.5. The molecule has 3 aromatic carbocycles. The Bertz CT molecular complexity index is 2950. The van der Waals surface area contributed by atoms with Gasteiger partial charge in [-0.15, -0.1) is 5.06 Å². The van der Waals surface area contributed by atoms with Gasteiger partial charge in [0.15, 0.2) is 5.71 Å². The Morgan fingerprint density at radius 2 is 1.52 bits per heavy atom. The van der Waals surface area contributed by atoms with Crippen LogP contribution in [0.2, 0.25) is 0 Å². The minimum atomic E-state index is -4.68. The van der Waals surface area contributed by atoms with E-state index >= 15 is 0 Å². The summed E-state index contributed by atoms with van der Waals surface area (Å²) in [6.07, 6.45) is 9.79. The molecule has 4 aliphatic heterocycles. The molecule has 0 spiro atoms. The van der Waals surface area contributed by atoms with Crippen molar-refractivity contribution in [2.75, 3.05) is 77.1 Å². The number of hydrogen-bond acceptors (Lipinski definition) is 14. The summed E-state index contributed by atoms with van der Waals surface area (Å²) in [5.74, 6) is -1.37. The van der Waals surface area contributed by atoms with Crippen LogP contribution in [-0.4, -0.2) is 137 Å². The second kappa shape index (κ2) is 23.6. The number of carbonyl (C=O) groups excluding carboxylic acids is 3. The Balaban J connectivity index is 1.23. The summed E-state index contributed by atoms with van der Waals surface area (Å²) in [6, 6.07) is 18.0. The van der Waals surface area contributed by atoms with Gasteiger partial charge in [-0.3, -0.25) is 18.7 Å². The van der Waals surface area contributed by atoms with Gasteiger partial charge in [0, 0.05) is 85.5 Å². The summed E-state index contributed by atoms with van der Waals surface area (Å²) >= 11 is 0. The summed E-state index contributed by atoms with van der Waals surface area (Å²) in [4.78, 5) is 44.4. The van der Waals surface area contributed by atoms with Crippen LogP contribution in [0, 0.1) is 0 Å². The second-order valence-electron chi connectivity index (χ2n) is 18.8. The van der Waals surface area contributed by atoms with Crippen molar-refractivity contribution in [2.24, 2.45) is 0 Å². The first-order chi connectivity index (χ1) is 34.7. The smallest absolute Gasteiger partial charge is 0.333 e. The van der Waals surface area contributed by atoms with Gasteiger partial charge in [0.2, 0.25) is 5.69 Å². The van der Waals surface area contributed by atoms with Gasteiger partial charge in [0.05, 0.1) is 67.9 Å². The van der Waals surface area contributed by atoms with Crippen LogP contribution >= 0.6 is 0 Å². The van der Waals surface area contributed by atoms with E-state index in [1.807, 2.05) is 66.1 Å². The SMILES string of the molecule is COCCOCCOCCOCCN1c2cc3c(cc2C(C)=CC1(C)C)C(=CC=CC1=[N+](CCCS(=O)(=O)O)c2ccc(S(=O)(=O)O)cc2C1(C)CCCC(=O)ON1C(=O)CCC1=O)C=C(c1ccccc1)O3. The van der Waals surface area contributed by atoms with Gasteiger partial charge in [0.25, 0.3) is 32.1 Å². The number of fused-ring (bicyclic) bond motifs is 3. The zero-order valence-electron chi connectivity index (χ0n) is 41.8. The molecule has 20 heteroatoms. The van der Waals surface area contributed by atoms with Crippen LogP contribution in [0.25, 0.3) is 16.9 Å². The van der Waals surface area contributed by atoms with Crippen molar-refractivity contribution in [1.82, 2.24) is 5.06 Å². The number of anilines is 1. The zero-order chi connectivity index (χ0) is 52.6. The highest BCUT2D eigenvalue weighted by Crippen LogP contribution is 2.48. The molecule has 0 saturated carbocycles. The Morgan fingerprint density at radius 3 is 2.18 bits per heavy atom. The molecule has 0 aliphatic carbocycles. The van der Waals surface area contributed by atoms with Crippen LogP contribution in [0.1, 0.15) is 88.5 Å². The predicted octanol–water partition coefficient (Wildman–Crippen LogP) is 7.12. The Kier molecular flexibility index (Phi) is 17.7. The van der Waals surface area contributed by atoms with Crippen LogP contribution in [0.15, 0.2) is 95.9 Å². The van der Waals surface area contributed by atoms with Crippen molar-refractivity contribution in [3.8, 4) is 5.75 Å². The van der Waals surface area contributed by atoms with Crippen molar-refractivity contribution in [3.05, 3.63) is 113 Å². The molecule has 0 radical (unpaired) electrons. The van der Waals surface area contributed by atoms with Crippen LogP contribution in [0.5, 0.6) is 5.75 Å². The third-order valence-electron chi connectivity index (χ3n) is 13.2. The van der Waals surface area contributed by atoms with Crippen LogP contribution in [0.3, 0.4) is 0 Å². The van der Waals surface area contributed by atoms with Gasteiger partial charge in [-0.2, -0.15) is 21.4 Å². The fraction of sp³-hybridized carbons (Fsp3) is 0.434. The fourth-order valence-electron chi connectivity index (χ4n) is 9.65. The largest absolute Gasteiger partial charge is 0.456 e. The number of imide groups is 1. The fourth-order valence-corrected chi connectivity index (χ4v) is 10.6. The molecule has 0 bridgehead atoms. The van der Waals surface area contributed by atoms with E-state index in [9.17, 15) is 40.3 Å². The van der Waals surface area contributed by atoms with Crippen molar-refractivity contribution >= 4 is 72.0 Å². The summed E-state index contributed by atoms with van der Waals surface area (Å²) in [5.41, 5.74) is 5.67. The third kappa shape index (κ3) is 13.5. The van der Waals surface area contributed by atoms with Gasteiger partial charge in [-0.25, -0.2) is 4.79 Å². The molecule has 1 saturated heterocycles. The Morgan fingerprint density at radius 1 is 0.849 bits per heavy atom. The standard InChI is InChI=1S/C53H63N3O15S2/c1-37-36-52(2,3)55(23-24-67-27-28-69-30-29-68-26-25-66-5)45-35-47-42(34-41(37)45)39(32-46(70-47)38-12-7-6-8-13-38)14-9-15-48-53(4,21-10-16-51(59)71-56-49(57)19-20-50(56)58)43-33-40(73(63,64)65)17-18-44(43)54(48)22-11-31-72(60,61)62/h6-9,12-15,17-18,32-36H,10-11,16,19-31H2,1-5H3,(H-,60,61,62,63,64,65)/p+1. The molecule has 1 atom stereocenters. The van der Waals surface area contributed by atoms with E-state index in [0.717, 1.165) is 33.5 Å². The number of methoxy groups -OCH3 is 1. The number of carbonyl (C=O) groups is 3. The number of hydrogen-bond donors (Lipinski definition) is 2. The average molecular weight is 1050 g/mol. The van der Waals surface area contributed by atoms with Crippen LogP contribution < -0.4 is 9.64 Å². The van der Waals surface area contributed by atoms with E-state index < -0.39 is 49.2 Å². The van der Waals surface area contributed by atoms with Gasteiger partial charge in [0.1, 0.15) is 18.1 Å². The first-order valence-electron chi connectivity index (χ1n) is 24.2. The molecule has 4 heterocycles. The summed E-state index contributed by atoms with van der Waals surface area (Å²) in [5, 5.41) is 0.480. The van der Waals surface area contributed by atoms with Crippen molar-refractivity contribution in [1.29, 1.82) is 0 Å². The van der Waals surface area contributed by atoms with Gasteiger partial charge < -0.3 is 33.4 Å². The first-order valence-corrected chi connectivity index (χ1v) is 27.3. The second-order valence-corrected chi connectivity index (χ2v) is 21.8. The number of amides is 2. The minimum absolute atomic E-state index is 0.0108. The van der Waals surface area contributed by atoms with E-state index in [2.05, 4.69) is 43.9 Å². The average Bonchev–Trinajstić information content (AvgIpc) is 3.77. The molecule has 1 fully saturated rings. The topological polar surface area (TPSA) is 225 Å². The highest BCUT2D eigenvalue weighted by atomic mass is 32.2. The van der Waals surface area contributed by atoms with E-state index in [4.69, 9.17) is 28.5 Å². The molecule has 1 unspecified atom stereocenters. The minimum Gasteiger partial charge on any atom is -0.456 e. The number of rotatable bonds is 25. The predicted molar refractivity (Wildman–Crippen MR) is 273 cm³/mol. The van der Waals surface area contributed by atoms with Gasteiger partial charge >= 0.3 is 5.97 Å². The maximum absolute atomic E-state index is 13.0. The quantitative estimate of drug-likeness (QED) is 0.0373. The molecule has 73 heavy (non-hydrogen) atoms. The molecular formula is C53H64N3O15S2+. The first kappa shape index (κ1) is 54.9. The van der Waals surface area contributed by atoms with Gasteiger partial charge in [-0.1, -0.05) is 48.6 Å². The number of nitrogens with zero attached hydrogens (tertiary/aromatic N) is 3. The third-order valence-corrected chi connectivity index (χ3v) is 14.8. The van der Waals surface area contributed by atoms with Crippen LogP contribution in [-0.2, 0) is 63.8 Å². The van der Waals surface area contributed by atoms with Crippen molar-refractivity contribution in [3.63, 3.8) is 0 Å². The Labute approximate surface area is 427 Å². The van der Waals surface area contributed by atoms with Gasteiger partial charge in [-0.05, 0) is 76.0 Å². The lowest BCUT2D eigenvalue weighted by Crippen LogP contribution is -2.46. The molecule has 2 amide bonds. The maximum atomic E-state index is 13.0. The molecule has 0 aromatic heterocycles. The van der Waals surface area contributed by atoms with Crippen molar-refractivity contribution < 1.29 is 73.4 Å². The summed E-state index contributed by atoms with van der Waals surface area (Å²) < 4.78 is 99.5. The highest BCUT2D eigenvalue weighted by molar-refractivity contribution is 7.86. The normalized spacial score (nSPS) is 19.0. The van der Waals surface area contributed by atoms with E-state index in [1.165, 1.54) is 18.2 Å². The monoisotopic (exact) mass is 1050 g/mol. The lowest BCUT2D eigenvalue weighted by molar-refractivity contribution is -0.437.